The first-order valence-corrected chi connectivity index (χ1v) is 8.79. The maximum Gasteiger partial charge on any atom is 0.351 e. The average Bonchev–Trinajstić information content (AvgIpc) is 3.32. The van der Waals surface area contributed by atoms with Gasteiger partial charge in [-0.1, -0.05) is 6.07 Å². The summed E-state index contributed by atoms with van der Waals surface area (Å²) in [6.07, 6.45) is 6.66. The van der Waals surface area contributed by atoms with Crippen LogP contribution in [0.15, 0.2) is 29.2 Å². The van der Waals surface area contributed by atoms with E-state index in [1.165, 1.54) is 0 Å². The lowest BCUT2D eigenvalue weighted by Crippen LogP contribution is -2.41. The lowest BCUT2D eigenvalue weighted by atomic mass is 10.2. The van der Waals surface area contributed by atoms with Crippen LogP contribution < -0.4 is 5.69 Å². The van der Waals surface area contributed by atoms with Crippen molar-refractivity contribution in [2.24, 2.45) is 0 Å². The molecule has 0 amide bonds. The van der Waals surface area contributed by atoms with Gasteiger partial charge in [0.05, 0.1) is 18.9 Å². The van der Waals surface area contributed by atoms with E-state index in [1.807, 2.05) is 18.2 Å². The Morgan fingerprint density at radius 1 is 1.12 bits per heavy atom. The molecule has 2 aliphatic heterocycles. The predicted octanol–water partition coefficient (Wildman–Crippen LogP) is 1.11. The van der Waals surface area contributed by atoms with E-state index in [2.05, 4.69) is 10.00 Å². The summed E-state index contributed by atoms with van der Waals surface area (Å²) in [4.78, 5) is 14.8. The third kappa shape index (κ3) is 3.38. The molecule has 0 aliphatic carbocycles. The van der Waals surface area contributed by atoms with Crippen molar-refractivity contribution >= 4 is 5.65 Å². The van der Waals surface area contributed by atoms with Crippen LogP contribution in [0.2, 0.25) is 0 Å². The van der Waals surface area contributed by atoms with Crippen LogP contribution in [0.3, 0.4) is 0 Å². The van der Waals surface area contributed by atoms with Crippen molar-refractivity contribution in [3.8, 4) is 0 Å². The number of nitrogens with zero attached hydrogens (tertiary/aromatic N) is 4. The van der Waals surface area contributed by atoms with Gasteiger partial charge in [0.25, 0.3) is 0 Å². The number of fused-ring (bicyclic) bond motifs is 1. The lowest BCUT2D eigenvalue weighted by molar-refractivity contribution is 0.0232. The third-order valence-electron chi connectivity index (χ3n) is 4.79. The number of rotatable bonds is 6. The summed E-state index contributed by atoms with van der Waals surface area (Å²) in [7, 11) is 0. The maximum absolute atomic E-state index is 12.5. The van der Waals surface area contributed by atoms with Gasteiger partial charge < -0.3 is 9.47 Å². The SMILES string of the molecule is O=c1n(CN(CC2CCCO2)CC2CCCO2)nc2ccccn12. The van der Waals surface area contributed by atoms with Crippen LogP contribution in [-0.2, 0) is 16.1 Å². The third-order valence-corrected chi connectivity index (χ3v) is 4.79. The molecule has 0 spiro atoms. The van der Waals surface area contributed by atoms with Gasteiger partial charge in [-0.25, -0.2) is 4.79 Å². The first-order valence-electron chi connectivity index (χ1n) is 8.79. The molecule has 130 valence electrons. The molecule has 4 heterocycles. The standard InChI is InChI=1S/C17H24N4O3/c22-17-20-8-2-1-7-16(20)18-21(17)13-19(11-14-5-3-9-23-14)12-15-6-4-10-24-15/h1-2,7-8,14-15H,3-6,9-13H2. The molecular weight excluding hydrogens is 308 g/mol. The quantitative estimate of drug-likeness (QED) is 0.793. The highest BCUT2D eigenvalue weighted by molar-refractivity contribution is 5.35. The smallest absolute Gasteiger partial charge is 0.351 e. The molecule has 24 heavy (non-hydrogen) atoms. The fourth-order valence-electron chi connectivity index (χ4n) is 3.59. The van der Waals surface area contributed by atoms with E-state index in [0.29, 0.717) is 12.3 Å². The molecule has 0 bridgehead atoms. The van der Waals surface area contributed by atoms with Crippen LogP contribution in [0.25, 0.3) is 5.65 Å². The molecule has 2 fully saturated rings. The van der Waals surface area contributed by atoms with E-state index >= 15 is 0 Å². The average molecular weight is 332 g/mol. The molecule has 0 N–H and O–H groups in total. The molecule has 2 aliphatic rings. The fraction of sp³-hybridized carbons (Fsp3) is 0.647. The summed E-state index contributed by atoms with van der Waals surface area (Å²) in [5, 5.41) is 4.45. The molecule has 7 heteroatoms. The van der Waals surface area contributed by atoms with E-state index in [0.717, 1.165) is 52.0 Å². The first kappa shape index (κ1) is 15.8. The normalized spacial score (nSPS) is 24.4. The van der Waals surface area contributed by atoms with Crippen LogP contribution in [0.1, 0.15) is 25.7 Å². The van der Waals surface area contributed by atoms with Gasteiger partial charge in [0.1, 0.15) is 0 Å². The molecule has 2 atom stereocenters. The Hall–Kier alpha value is -1.70. The predicted molar refractivity (Wildman–Crippen MR) is 89.0 cm³/mol. The number of hydrogen-bond acceptors (Lipinski definition) is 5. The summed E-state index contributed by atoms with van der Waals surface area (Å²) >= 11 is 0. The van der Waals surface area contributed by atoms with Crippen molar-refractivity contribution < 1.29 is 9.47 Å². The van der Waals surface area contributed by atoms with E-state index in [-0.39, 0.29) is 17.9 Å². The molecule has 2 aromatic heterocycles. The van der Waals surface area contributed by atoms with Gasteiger partial charge in [0, 0.05) is 32.5 Å². The number of ether oxygens (including phenoxy) is 2. The Morgan fingerprint density at radius 3 is 2.42 bits per heavy atom. The molecular formula is C17H24N4O3. The van der Waals surface area contributed by atoms with E-state index in [9.17, 15) is 4.79 Å². The van der Waals surface area contributed by atoms with Gasteiger partial charge in [-0.15, -0.1) is 5.10 Å². The van der Waals surface area contributed by atoms with Gasteiger partial charge in [0.15, 0.2) is 5.65 Å². The van der Waals surface area contributed by atoms with E-state index < -0.39 is 0 Å². The summed E-state index contributed by atoms with van der Waals surface area (Å²) in [6, 6.07) is 5.59. The van der Waals surface area contributed by atoms with Crippen molar-refractivity contribution in [2.75, 3.05) is 26.3 Å². The first-order chi connectivity index (χ1) is 11.8. The van der Waals surface area contributed by atoms with Gasteiger partial charge in [0.2, 0.25) is 0 Å². The molecule has 4 rings (SSSR count). The largest absolute Gasteiger partial charge is 0.377 e. The van der Waals surface area contributed by atoms with Gasteiger partial charge in [-0.3, -0.25) is 9.30 Å². The minimum absolute atomic E-state index is 0.102. The molecule has 2 aromatic rings. The number of pyridine rings is 1. The highest BCUT2D eigenvalue weighted by Crippen LogP contribution is 2.17. The Kier molecular flexibility index (Phi) is 4.64. The molecule has 0 radical (unpaired) electrons. The highest BCUT2D eigenvalue weighted by Gasteiger charge is 2.24. The molecule has 0 saturated carbocycles. The van der Waals surface area contributed by atoms with E-state index in [1.54, 1.807) is 15.3 Å². The monoisotopic (exact) mass is 332 g/mol. The Balaban J connectivity index is 1.52. The van der Waals surface area contributed by atoms with Gasteiger partial charge in [-0.05, 0) is 37.8 Å². The van der Waals surface area contributed by atoms with Crippen LogP contribution in [-0.4, -0.2) is 57.6 Å². The van der Waals surface area contributed by atoms with Crippen molar-refractivity contribution in [1.82, 2.24) is 19.1 Å². The number of aromatic nitrogens is 3. The van der Waals surface area contributed by atoms with Gasteiger partial charge >= 0.3 is 5.69 Å². The molecule has 0 aromatic carbocycles. The topological polar surface area (TPSA) is 61.0 Å². The maximum atomic E-state index is 12.5. The zero-order valence-corrected chi connectivity index (χ0v) is 13.8. The Bertz CT molecular complexity index is 711. The zero-order chi connectivity index (χ0) is 16.4. The number of hydrogen-bond donors (Lipinski definition) is 0. The van der Waals surface area contributed by atoms with Crippen LogP contribution >= 0.6 is 0 Å². The summed E-state index contributed by atoms with van der Waals surface area (Å²) in [6.45, 7) is 3.79. The summed E-state index contributed by atoms with van der Waals surface area (Å²) < 4.78 is 14.7. The minimum atomic E-state index is -0.102. The van der Waals surface area contributed by atoms with Crippen LogP contribution in [0.5, 0.6) is 0 Å². The second-order valence-corrected chi connectivity index (χ2v) is 6.66. The van der Waals surface area contributed by atoms with Crippen LogP contribution in [0.4, 0.5) is 0 Å². The Labute approximate surface area is 140 Å². The molecule has 2 saturated heterocycles. The van der Waals surface area contributed by atoms with Crippen molar-refractivity contribution in [3.63, 3.8) is 0 Å². The van der Waals surface area contributed by atoms with Crippen LogP contribution in [0, 0.1) is 0 Å². The summed E-state index contributed by atoms with van der Waals surface area (Å²) in [5.74, 6) is 0. The van der Waals surface area contributed by atoms with E-state index in [4.69, 9.17) is 9.47 Å². The zero-order valence-electron chi connectivity index (χ0n) is 13.8. The van der Waals surface area contributed by atoms with Crippen molar-refractivity contribution in [2.45, 2.75) is 44.6 Å². The van der Waals surface area contributed by atoms with Crippen molar-refractivity contribution in [3.05, 3.63) is 34.9 Å². The Morgan fingerprint density at radius 2 is 1.83 bits per heavy atom. The lowest BCUT2D eigenvalue weighted by Gasteiger charge is -2.26. The highest BCUT2D eigenvalue weighted by atomic mass is 16.5. The second-order valence-electron chi connectivity index (χ2n) is 6.66. The van der Waals surface area contributed by atoms with Gasteiger partial charge in [-0.2, -0.15) is 4.68 Å². The molecule has 7 nitrogen and oxygen atoms in total. The molecule has 2 unspecified atom stereocenters. The van der Waals surface area contributed by atoms with Crippen molar-refractivity contribution in [1.29, 1.82) is 0 Å². The summed E-state index contributed by atoms with van der Waals surface area (Å²) in [5.41, 5.74) is 0.576. The fourth-order valence-corrected chi connectivity index (χ4v) is 3.59. The minimum Gasteiger partial charge on any atom is -0.377 e. The second kappa shape index (κ2) is 7.04.